The fourth-order valence-corrected chi connectivity index (χ4v) is 1.76. The molecule has 0 heterocycles. The number of carboxylic acids is 4. The minimum absolute atomic E-state index is 0. The van der Waals surface area contributed by atoms with Crippen LogP contribution in [0.5, 0.6) is 0 Å². The van der Waals surface area contributed by atoms with E-state index in [0.717, 1.165) is 0 Å². The molecule has 0 radical (unpaired) electrons. The molecule has 1 atom stereocenters. The number of carbonyl (C=O) groups is 4. The first-order valence-corrected chi connectivity index (χ1v) is 5.47. The average molecular weight is 376 g/mol. The zero-order valence-electron chi connectivity index (χ0n) is 15.4. The van der Waals surface area contributed by atoms with E-state index >= 15 is 0 Å². The van der Waals surface area contributed by atoms with E-state index < -0.39 is 61.3 Å². The molecule has 134 valence electrons. The van der Waals surface area contributed by atoms with Crippen LogP contribution in [-0.2, 0) is 19.2 Å². The normalized spacial score (nSPS) is 10.5. The molecule has 0 bridgehead atoms. The van der Waals surface area contributed by atoms with Crippen molar-refractivity contribution >= 4 is 23.9 Å². The fraction of sp³-hybridized carbons (Fsp3) is 0.600. The molecule has 0 amide bonds. The minimum Gasteiger partial charge on any atom is -1.00 e. The number of rotatable bonds is 10. The molecule has 24 heavy (non-hydrogen) atoms. The van der Waals surface area contributed by atoms with E-state index in [2.05, 4.69) is 5.32 Å². The quantitative estimate of drug-likeness (QED) is 0.196. The van der Waals surface area contributed by atoms with Crippen LogP contribution in [0.4, 0.5) is 0 Å². The third-order valence-corrected chi connectivity index (χ3v) is 2.63. The van der Waals surface area contributed by atoms with Crippen LogP contribution in [0.1, 0.15) is 22.1 Å². The molecule has 14 heteroatoms. The predicted octanol–water partition coefficient (Wildman–Crippen LogP) is -9.27. The van der Waals surface area contributed by atoms with Gasteiger partial charge < -0.3 is 40.0 Å². The van der Waals surface area contributed by atoms with Crippen molar-refractivity contribution in [1.82, 2.24) is 5.32 Å². The van der Waals surface area contributed by atoms with E-state index in [4.69, 9.17) is 26.2 Å². The van der Waals surface area contributed by atoms with Crippen molar-refractivity contribution in [2.45, 2.75) is 30.8 Å². The van der Waals surface area contributed by atoms with Gasteiger partial charge in [-0.15, -0.1) is 0 Å². The summed E-state index contributed by atoms with van der Waals surface area (Å²) < 4.78 is 0. The topological polar surface area (TPSA) is 250 Å². The maximum atomic E-state index is 10.8. The van der Waals surface area contributed by atoms with Crippen LogP contribution in [0.25, 0.3) is 0 Å². The Kier molecular flexibility index (Phi) is 23.6. The van der Waals surface area contributed by atoms with Crippen molar-refractivity contribution in [3.8, 4) is 0 Å². The molecule has 0 aliphatic rings. The average Bonchev–Trinajstić information content (AvgIpc) is 2.23. The molecular formula is C10H22N2Na2O10. The standard InChI is InChI=1S/C10H16N2O8.2Na.2H2O.2H/c11-5(1-6(13)14)10(2-7(15)16,3-8(17)18)12-4-9(19)20;;;;;;/h5,12H,1-4,11H2,(H,13,14)(H,15,16)(H,17,18)(H,19,20);;;2*1H2;;/q;2*+1;;;2*-1. The Morgan fingerprint density at radius 2 is 1.25 bits per heavy atom. The van der Waals surface area contributed by atoms with Crippen LogP contribution < -0.4 is 70.2 Å². The fourth-order valence-electron chi connectivity index (χ4n) is 1.76. The summed E-state index contributed by atoms with van der Waals surface area (Å²) in [6, 6.07) is -1.38. The summed E-state index contributed by atoms with van der Waals surface area (Å²) in [6.07, 6.45) is -2.34. The molecule has 1 unspecified atom stereocenters. The van der Waals surface area contributed by atoms with Gasteiger partial charge in [-0.05, 0) is 0 Å². The van der Waals surface area contributed by atoms with Gasteiger partial charge >= 0.3 is 83.0 Å². The second-order valence-electron chi connectivity index (χ2n) is 4.25. The van der Waals surface area contributed by atoms with Crippen molar-refractivity contribution in [1.29, 1.82) is 0 Å². The molecule has 0 aromatic carbocycles. The first-order valence-electron chi connectivity index (χ1n) is 5.47. The van der Waals surface area contributed by atoms with Gasteiger partial charge in [0.2, 0.25) is 0 Å². The Morgan fingerprint density at radius 1 is 0.875 bits per heavy atom. The summed E-state index contributed by atoms with van der Waals surface area (Å²) >= 11 is 0. The number of hydrogen-bond acceptors (Lipinski definition) is 6. The Bertz CT molecular complexity index is 415. The number of hydrogen-bond donors (Lipinski definition) is 6. The smallest absolute Gasteiger partial charge is 1.00 e. The van der Waals surface area contributed by atoms with E-state index in [0.29, 0.717) is 0 Å². The molecule has 0 fully saturated rings. The summed E-state index contributed by atoms with van der Waals surface area (Å²) in [5.41, 5.74) is 3.71. The van der Waals surface area contributed by atoms with E-state index in [1.165, 1.54) is 0 Å². The number of aliphatic carboxylic acids is 4. The molecule has 0 aromatic heterocycles. The molecule has 0 rings (SSSR count). The summed E-state index contributed by atoms with van der Waals surface area (Å²) in [6.45, 7) is -0.742. The summed E-state index contributed by atoms with van der Waals surface area (Å²) in [5, 5.41) is 37.2. The van der Waals surface area contributed by atoms with Gasteiger partial charge in [-0.25, -0.2) is 0 Å². The number of nitrogens with one attached hydrogen (secondary N) is 1. The third-order valence-electron chi connectivity index (χ3n) is 2.63. The predicted molar refractivity (Wildman–Crippen MR) is 72.6 cm³/mol. The van der Waals surface area contributed by atoms with Gasteiger partial charge in [0, 0.05) is 6.04 Å². The van der Waals surface area contributed by atoms with E-state index in [1.807, 2.05) is 0 Å². The monoisotopic (exact) mass is 376 g/mol. The van der Waals surface area contributed by atoms with Gasteiger partial charge in [-0.1, -0.05) is 0 Å². The molecule has 0 saturated carbocycles. The van der Waals surface area contributed by atoms with Gasteiger partial charge in [-0.3, -0.25) is 24.5 Å². The van der Waals surface area contributed by atoms with Gasteiger partial charge in [-0.2, -0.15) is 0 Å². The largest absolute Gasteiger partial charge is 1.00 e. The Morgan fingerprint density at radius 3 is 1.50 bits per heavy atom. The maximum Gasteiger partial charge on any atom is 1.00 e. The zero-order valence-corrected chi connectivity index (χ0v) is 17.4. The van der Waals surface area contributed by atoms with Crippen molar-refractivity contribution in [3.05, 3.63) is 0 Å². The van der Waals surface area contributed by atoms with E-state index in [-0.39, 0.29) is 72.9 Å². The summed E-state index contributed by atoms with van der Waals surface area (Å²) in [5.74, 6) is -5.56. The molecule has 0 aromatic rings. The number of nitrogens with two attached hydrogens (primary N) is 1. The Hall–Kier alpha value is -0.280. The molecule has 0 saturated heterocycles. The second-order valence-corrected chi connectivity index (χ2v) is 4.25. The van der Waals surface area contributed by atoms with Gasteiger partial charge in [0.25, 0.3) is 0 Å². The van der Waals surface area contributed by atoms with Crippen LogP contribution in [0.2, 0.25) is 0 Å². The van der Waals surface area contributed by atoms with Crippen LogP contribution in [0.15, 0.2) is 0 Å². The molecule has 12 nitrogen and oxygen atoms in total. The second kappa shape index (κ2) is 16.2. The van der Waals surface area contributed by atoms with Gasteiger partial charge in [0.05, 0.1) is 31.3 Å². The minimum atomic E-state index is -1.87. The van der Waals surface area contributed by atoms with Crippen LogP contribution in [-0.4, -0.2) is 73.4 Å². The molecule has 0 aliphatic carbocycles. The van der Waals surface area contributed by atoms with Gasteiger partial charge in [0.15, 0.2) is 0 Å². The molecular weight excluding hydrogens is 354 g/mol. The first-order chi connectivity index (χ1) is 9.09. The molecule has 0 aliphatic heterocycles. The summed E-state index contributed by atoms with van der Waals surface area (Å²) in [4.78, 5) is 42.9. The maximum absolute atomic E-state index is 10.8. The van der Waals surface area contributed by atoms with Crippen LogP contribution >= 0.6 is 0 Å². The van der Waals surface area contributed by atoms with Crippen molar-refractivity contribution in [2.75, 3.05) is 6.54 Å². The SMILES string of the molecule is NC(CC(=O)O)C(CC(=O)O)(CC(=O)O)NCC(=O)O.O.O.[H-].[H-].[Na+].[Na+]. The van der Waals surface area contributed by atoms with Gasteiger partial charge in [0.1, 0.15) is 0 Å². The van der Waals surface area contributed by atoms with E-state index in [1.54, 1.807) is 0 Å². The Labute approximate surface area is 183 Å². The summed E-state index contributed by atoms with van der Waals surface area (Å²) in [7, 11) is 0. The van der Waals surface area contributed by atoms with Crippen LogP contribution in [0.3, 0.4) is 0 Å². The van der Waals surface area contributed by atoms with E-state index in [9.17, 15) is 19.2 Å². The van der Waals surface area contributed by atoms with Crippen molar-refractivity contribution < 1.29 is 113 Å². The van der Waals surface area contributed by atoms with Crippen LogP contribution in [0, 0.1) is 0 Å². The molecule has 0 spiro atoms. The number of carboxylic acid groups (broad SMARTS) is 4. The van der Waals surface area contributed by atoms with Crippen molar-refractivity contribution in [3.63, 3.8) is 0 Å². The Balaban J connectivity index is -0.000000120. The zero-order chi connectivity index (χ0) is 15.9. The van der Waals surface area contributed by atoms with Crippen molar-refractivity contribution in [2.24, 2.45) is 5.73 Å². The molecule has 11 N–H and O–H groups in total. The third kappa shape index (κ3) is 14.1. The first kappa shape index (κ1) is 34.9.